The molecule has 0 fully saturated rings. The Labute approximate surface area is 476 Å². The van der Waals surface area contributed by atoms with Gasteiger partial charge in [-0.05, 0) is 102 Å². The minimum atomic E-state index is -0.741. The minimum Gasteiger partial charge on any atom is -0.449 e. The zero-order valence-corrected chi connectivity index (χ0v) is 46.3. The number of nitrogens with one attached hydrogen (secondary N) is 4. The number of aryl methyl sites for hydroxylation is 2. The Morgan fingerprint density at radius 2 is 0.805 bits per heavy atom. The van der Waals surface area contributed by atoms with Crippen molar-refractivity contribution in [1.82, 2.24) is 62.1 Å². The minimum absolute atomic E-state index is 0.0413. The molecule has 6 aromatic carbocycles. The van der Waals surface area contributed by atoms with E-state index in [4.69, 9.17) is 15.2 Å². The molecule has 0 saturated carbocycles. The molecule has 8 aromatic rings. The molecule has 2 atom stereocenters. The first kappa shape index (κ1) is 57.3. The normalized spacial score (nSPS) is 12.7. The molecule has 19 nitrogen and oxygen atoms in total. The van der Waals surface area contributed by atoms with Gasteiger partial charge in [-0.25, -0.2) is 9.59 Å². The van der Waals surface area contributed by atoms with Crippen LogP contribution in [0.1, 0.15) is 109 Å². The highest BCUT2D eigenvalue weighted by Gasteiger charge is 2.32. The third-order valence-corrected chi connectivity index (χ3v) is 14.5. The van der Waals surface area contributed by atoms with E-state index in [1.54, 1.807) is 13.8 Å². The van der Waals surface area contributed by atoms with Crippen LogP contribution < -0.4 is 27.0 Å². The van der Waals surface area contributed by atoms with Crippen LogP contribution in [-0.2, 0) is 32.2 Å². The molecule has 10 rings (SSSR count). The van der Waals surface area contributed by atoms with Crippen molar-refractivity contribution in [2.24, 2.45) is 5.73 Å². The summed E-state index contributed by atoms with van der Waals surface area (Å²) in [5.74, 6) is 1.25. The summed E-state index contributed by atoms with van der Waals surface area (Å²) in [7, 11) is 0. The predicted octanol–water partition coefficient (Wildman–Crippen LogP) is 9.24. The van der Waals surface area contributed by atoms with Crippen molar-refractivity contribution in [2.45, 2.75) is 103 Å². The largest absolute Gasteiger partial charge is 0.449 e. The smallest absolute Gasteiger partial charge is 0.407 e. The Morgan fingerprint density at radius 1 is 0.463 bits per heavy atom. The van der Waals surface area contributed by atoms with E-state index in [-0.39, 0.29) is 36.9 Å². The first-order chi connectivity index (χ1) is 40.1. The average molecular weight is 1100 g/mol. The Morgan fingerprint density at radius 3 is 1.15 bits per heavy atom. The number of carbonyl (C=O) groups excluding carboxylic acids is 4. The molecule has 82 heavy (non-hydrogen) atoms. The van der Waals surface area contributed by atoms with Crippen molar-refractivity contribution < 1.29 is 28.7 Å². The van der Waals surface area contributed by atoms with E-state index < -0.39 is 24.3 Å². The molecule has 0 spiro atoms. The molecule has 420 valence electrons. The Bertz CT molecular complexity index is 3120. The van der Waals surface area contributed by atoms with Crippen LogP contribution >= 0.6 is 0 Å². The van der Waals surface area contributed by atoms with Crippen LogP contribution in [0.25, 0.3) is 45.0 Å². The van der Waals surface area contributed by atoms with Gasteiger partial charge in [-0.2, -0.15) is 0 Å². The first-order valence-electron chi connectivity index (χ1n) is 27.8. The van der Waals surface area contributed by atoms with Crippen LogP contribution in [-0.4, -0.2) is 96.6 Å². The zero-order valence-electron chi connectivity index (χ0n) is 46.3. The van der Waals surface area contributed by atoms with Crippen LogP contribution in [0, 0.1) is 13.8 Å². The van der Waals surface area contributed by atoms with Gasteiger partial charge in [-0.3, -0.25) is 9.59 Å². The van der Waals surface area contributed by atoms with E-state index in [2.05, 4.69) is 118 Å². The second-order valence-corrected chi connectivity index (χ2v) is 20.2. The lowest BCUT2D eigenvalue weighted by molar-refractivity contribution is -0.124. The Hall–Kier alpha value is -9.36. The number of alkyl carbamates (subject to hydrolysis) is 2. The molecule has 4 amide bonds. The first-order valence-corrected chi connectivity index (χ1v) is 27.8. The molecule has 0 aliphatic heterocycles. The van der Waals surface area contributed by atoms with Gasteiger partial charge in [0.1, 0.15) is 25.3 Å². The lowest BCUT2D eigenvalue weighted by Crippen LogP contribution is -2.47. The van der Waals surface area contributed by atoms with Gasteiger partial charge in [0, 0.05) is 36.1 Å². The fourth-order valence-electron chi connectivity index (χ4n) is 10.2. The summed E-state index contributed by atoms with van der Waals surface area (Å²) in [4.78, 5) is 52.0. The summed E-state index contributed by atoms with van der Waals surface area (Å²) in [6, 6.07) is 46.3. The number of aromatic nitrogens is 8. The predicted molar refractivity (Wildman–Crippen MR) is 310 cm³/mol. The van der Waals surface area contributed by atoms with E-state index in [0.717, 1.165) is 81.3 Å². The lowest BCUT2D eigenvalue weighted by atomic mass is 9.98. The van der Waals surface area contributed by atoms with Gasteiger partial charge in [0.25, 0.3) is 0 Å². The van der Waals surface area contributed by atoms with Gasteiger partial charge >= 0.3 is 12.2 Å². The van der Waals surface area contributed by atoms with Gasteiger partial charge in [0.05, 0.1) is 0 Å². The molecule has 19 heteroatoms. The monoisotopic (exact) mass is 1100 g/mol. The van der Waals surface area contributed by atoms with Crippen LogP contribution in [0.4, 0.5) is 9.59 Å². The number of hydrogen-bond donors (Lipinski definition) is 5. The summed E-state index contributed by atoms with van der Waals surface area (Å²) in [5.41, 5.74) is 18.2. The van der Waals surface area contributed by atoms with Crippen LogP contribution in [0.5, 0.6) is 0 Å². The molecule has 2 aliphatic rings. The molecule has 6 N–H and O–H groups in total. The van der Waals surface area contributed by atoms with Crippen molar-refractivity contribution in [3.8, 4) is 45.0 Å². The fraction of sp³-hybridized carbons (Fsp3) is 0.302. The van der Waals surface area contributed by atoms with Gasteiger partial charge in [-0.1, -0.05) is 172 Å². The maximum absolute atomic E-state index is 13.1. The van der Waals surface area contributed by atoms with Crippen LogP contribution in [0.2, 0.25) is 0 Å². The number of benzene rings is 6. The van der Waals surface area contributed by atoms with Crippen molar-refractivity contribution in [1.29, 1.82) is 0 Å². The average Bonchev–Trinajstić information content (AvgIpc) is 3.95. The summed E-state index contributed by atoms with van der Waals surface area (Å²) >= 11 is 0. The number of hydrogen-bond acceptors (Lipinski definition) is 15. The van der Waals surface area contributed by atoms with Crippen molar-refractivity contribution >= 4 is 24.0 Å². The number of carbonyl (C=O) groups is 4. The number of nitrogens with two attached hydrogens (primary N) is 1. The maximum Gasteiger partial charge on any atom is 0.407 e. The second-order valence-electron chi connectivity index (χ2n) is 20.2. The summed E-state index contributed by atoms with van der Waals surface area (Å²) in [6.07, 6.45) is 4.05. The lowest BCUT2D eigenvalue weighted by Gasteiger charge is -2.20. The number of rotatable bonds is 22. The summed E-state index contributed by atoms with van der Waals surface area (Å²) < 4.78 is 11.4. The zero-order chi connectivity index (χ0) is 57.2. The molecule has 2 aliphatic carbocycles. The van der Waals surface area contributed by atoms with Crippen LogP contribution in [0.3, 0.4) is 0 Å². The third kappa shape index (κ3) is 14.7. The quantitative estimate of drug-likeness (QED) is 0.0396. The SMILES string of the molecule is CCCCCC(NC(=O)OCC1c2ccccc2-c2ccccc21)C(=O)NCc1ccc(-c2nnc(C)nn2)cc1.Cc1nnc(-c2ccc(CNC(=O)C(CCCCN)NC(=O)OCC3c4ccccc4-c4ccccc43)cc2)nn1. The van der Waals surface area contributed by atoms with Gasteiger partial charge in [-0.15, -0.1) is 40.8 Å². The van der Waals surface area contributed by atoms with E-state index >= 15 is 0 Å². The molecule has 2 aromatic heterocycles. The van der Waals surface area contributed by atoms with E-state index in [1.165, 1.54) is 11.1 Å². The highest BCUT2D eigenvalue weighted by atomic mass is 16.6. The number of nitrogens with zero attached hydrogens (tertiary/aromatic N) is 8. The van der Waals surface area contributed by atoms with E-state index in [0.29, 0.717) is 62.2 Å². The number of unbranched alkanes of at least 4 members (excludes halogenated alkanes) is 3. The van der Waals surface area contributed by atoms with Gasteiger partial charge in [0.2, 0.25) is 23.5 Å². The maximum atomic E-state index is 13.1. The third-order valence-electron chi connectivity index (χ3n) is 14.5. The van der Waals surface area contributed by atoms with Crippen molar-refractivity contribution in [2.75, 3.05) is 19.8 Å². The van der Waals surface area contributed by atoms with Gasteiger partial charge in [0.15, 0.2) is 11.6 Å². The topological polar surface area (TPSA) is 264 Å². The number of ether oxygens (including phenoxy) is 2. The van der Waals surface area contributed by atoms with E-state index in [1.807, 2.05) is 97.1 Å². The molecular formula is C63H67N13O6. The Balaban J connectivity index is 0.000000198. The molecule has 0 saturated heterocycles. The van der Waals surface area contributed by atoms with Crippen molar-refractivity contribution in [3.63, 3.8) is 0 Å². The Kier molecular flexibility index (Phi) is 19.7. The molecular weight excluding hydrogens is 1030 g/mol. The number of amides is 4. The summed E-state index contributed by atoms with van der Waals surface area (Å²) in [6.45, 7) is 7.07. The highest BCUT2D eigenvalue weighted by molar-refractivity contribution is 5.87. The van der Waals surface area contributed by atoms with Gasteiger partial charge < -0.3 is 36.5 Å². The summed E-state index contributed by atoms with van der Waals surface area (Å²) in [5, 5.41) is 43.4. The highest BCUT2D eigenvalue weighted by Crippen LogP contribution is 2.45. The molecule has 2 heterocycles. The fourth-order valence-corrected chi connectivity index (χ4v) is 10.2. The van der Waals surface area contributed by atoms with E-state index in [9.17, 15) is 19.2 Å². The standard InChI is InChI=1S/C32H34N6O3.C31H33N7O3/c1-3-4-5-14-29(31(39)33-19-22-15-17-23(18-16-22)30-37-35-21(2)36-38-30)34-32(40)41-20-28-26-12-8-6-10-24(26)25-11-7-9-13-27(25)28;1-20-35-37-29(38-36-20)22-15-13-21(14-16-22)18-33-30(39)28(12-6-7-17-32)34-31(40)41-19-27-25-10-4-2-8-23(25)24-9-3-5-11-26(24)27/h6-13,15-18,28-29H,3-5,14,19-20H2,1-2H3,(H,33,39)(H,34,40);2-5,8-11,13-16,27-28H,6-7,12,17-19,32H2,1H3,(H,33,39)(H,34,40). The number of fused-ring (bicyclic) bond motifs is 6. The van der Waals surface area contributed by atoms with Crippen molar-refractivity contribution in [3.05, 3.63) is 191 Å². The molecule has 0 bridgehead atoms. The molecule has 2 unspecified atom stereocenters. The van der Waals surface area contributed by atoms with Crippen LogP contribution in [0.15, 0.2) is 146 Å². The molecule has 0 radical (unpaired) electrons. The second kappa shape index (κ2) is 28.2.